The maximum absolute atomic E-state index is 10.6. The number of aromatic carboxylic acids is 1. The smallest absolute Gasteiger partial charge is 0.354 e. The topological polar surface area (TPSA) is 82.5 Å². The number of hydrogen-bond acceptors (Lipinski definition) is 4. The van der Waals surface area contributed by atoms with E-state index in [-0.39, 0.29) is 24.3 Å². The van der Waals surface area contributed by atoms with Crippen molar-refractivity contribution in [3.05, 3.63) is 24.0 Å². The van der Waals surface area contributed by atoms with Gasteiger partial charge in [-0.3, -0.25) is 0 Å². The summed E-state index contributed by atoms with van der Waals surface area (Å²) in [6, 6.07) is 3.21. The summed E-state index contributed by atoms with van der Waals surface area (Å²) in [5.74, 6) is -0.914. The molecule has 1 aromatic rings. The van der Waals surface area contributed by atoms with Crippen molar-refractivity contribution in [2.75, 3.05) is 11.9 Å². The zero-order chi connectivity index (χ0) is 12.1. The zero-order valence-corrected chi connectivity index (χ0v) is 9.34. The summed E-state index contributed by atoms with van der Waals surface area (Å²) in [7, 11) is 0. The van der Waals surface area contributed by atoms with E-state index < -0.39 is 5.97 Å². The van der Waals surface area contributed by atoms with Gasteiger partial charge in [0, 0.05) is 12.6 Å². The predicted octanol–water partition coefficient (Wildman–Crippen LogP) is 1.21. The number of aliphatic hydroxyl groups is 1. The first kappa shape index (κ1) is 12.4. The maximum Gasteiger partial charge on any atom is 0.354 e. The van der Waals surface area contributed by atoms with Crippen molar-refractivity contribution in [3.63, 3.8) is 0 Å². The second-order valence-corrected chi connectivity index (χ2v) is 3.83. The van der Waals surface area contributed by atoms with Gasteiger partial charge >= 0.3 is 5.97 Å². The van der Waals surface area contributed by atoms with Gasteiger partial charge in [-0.15, -0.1) is 0 Å². The van der Waals surface area contributed by atoms with E-state index in [0.29, 0.717) is 0 Å². The molecule has 0 aromatic carbocycles. The number of anilines is 1. The minimum atomic E-state index is -1.04. The van der Waals surface area contributed by atoms with Crippen LogP contribution in [0.15, 0.2) is 18.3 Å². The molecular weight excluding hydrogens is 208 g/mol. The average Bonchev–Trinajstić information content (AvgIpc) is 2.28. The Bertz CT molecular complexity index is 351. The molecule has 3 N–H and O–H groups in total. The van der Waals surface area contributed by atoms with E-state index in [2.05, 4.69) is 10.3 Å². The third-order valence-corrected chi connectivity index (χ3v) is 2.52. The van der Waals surface area contributed by atoms with Gasteiger partial charge in [-0.1, -0.05) is 6.92 Å². The van der Waals surface area contributed by atoms with Crippen molar-refractivity contribution in [2.45, 2.75) is 19.9 Å². The number of carbonyl (C=O) groups is 1. The molecule has 16 heavy (non-hydrogen) atoms. The van der Waals surface area contributed by atoms with E-state index in [1.165, 1.54) is 12.3 Å². The van der Waals surface area contributed by atoms with Crippen LogP contribution in [0.4, 0.5) is 5.69 Å². The number of rotatable bonds is 5. The molecule has 2 atom stereocenters. The Hall–Kier alpha value is -1.62. The van der Waals surface area contributed by atoms with Crippen LogP contribution in [0.25, 0.3) is 0 Å². The normalized spacial score (nSPS) is 14.2. The summed E-state index contributed by atoms with van der Waals surface area (Å²) >= 11 is 0. The lowest BCUT2D eigenvalue weighted by Gasteiger charge is -2.20. The number of carboxylic acids is 1. The number of aliphatic hydroxyl groups excluding tert-OH is 1. The zero-order valence-electron chi connectivity index (χ0n) is 9.34. The molecule has 0 aliphatic rings. The number of aromatic nitrogens is 1. The van der Waals surface area contributed by atoms with E-state index in [9.17, 15) is 4.79 Å². The fraction of sp³-hybridized carbons (Fsp3) is 0.455. The van der Waals surface area contributed by atoms with Crippen LogP contribution in [0.3, 0.4) is 0 Å². The van der Waals surface area contributed by atoms with Crippen molar-refractivity contribution in [2.24, 2.45) is 5.92 Å². The van der Waals surface area contributed by atoms with E-state index >= 15 is 0 Å². The van der Waals surface area contributed by atoms with Gasteiger partial charge in [0.2, 0.25) is 0 Å². The summed E-state index contributed by atoms with van der Waals surface area (Å²) in [6.07, 6.45) is 1.48. The van der Waals surface area contributed by atoms with Crippen molar-refractivity contribution in [3.8, 4) is 0 Å². The highest BCUT2D eigenvalue weighted by Crippen LogP contribution is 2.11. The van der Waals surface area contributed by atoms with E-state index in [4.69, 9.17) is 10.2 Å². The summed E-state index contributed by atoms with van der Waals surface area (Å²) in [4.78, 5) is 14.4. The van der Waals surface area contributed by atoms with Gasteiger partial charge in [-0.2, -0.15) is 0 Å². The summed E-state index contributed by atoms with van der Waals surface area (Å²) in [5, 5.41) is 20.8. The number of nitrogens with one attached hydrogen (secondary N) is 1. The summed E-state index contributed by atoms with van der Waals surface area (Å²) in [6.45, 7) is 3.98. The molecule has 0 saturated heterocycles. The third-order valence-electron chi connectivity index (χ3n) is 2.52. The highest BCUT2D eigenvalue weighted by atomic mass is 16.4. The minimum absolute atomic E-state index is 0.0217. The predicted molar refractivity (Wildman–Crippen MR) is 60.5 cm³/mol. The highest BCUT2D eigenvalue weighted by Gasteiger charge is 2.11. The van der Waals surface area contributed by atoms with Crippen LogP contribution in [0, 0.1) is 5.92 Å². The Kier molecular flexibility index (Phi) is 4.25. The van der Waals surface area contributed by atoms with Crippen LogP contribution >= 0.6 is 0 Å². The monoisotopic (exact) mass is 224 g/mol. The van der Waals surface area contributed by atoms with Crippen LogP contribution in [0.5, 0.6) is 0 Å². The molecule has 2 unspecified atom stereocenters. The first-order valence-corrected chi connectivity index (χ1v) is 5.11. The Balaban J connectivity index is 2.65. The van der Waals surface area contributed by atoms with Gasteiger partial charge in [0.25, 0.3) is 0 Å². The number of pyridine rings is 1. The molecule has 0 aliphatic heterocycles. The fourth-order valence-corrected chi connectivity index (χ4v) is 1.17. The van der Waals surface area contributed by atoms with Crippen molar-refractivity contribution >= 4 is 11.7 Å². The van der Waals surface area contributed by atoms with E-state index in [1.807, 2.05) is 13.8 Å². The van der Waals surface area contributed by atoms with Crippen LogP contribution < -0.4 is 5.32 Å². The third kappa shape index (κ3) is 3.20. The Labute approximate surface area is 94.1 Å². The molecule has 0 fully saturated rings. The van der Waals surface area contributed by atoms with Crippen molar-refractivity contribution in [1.29, 1.82) is 0 Å². The van der Waals surface area contributed by atoms with Gasteiger partial charge in [-0.05, 0) is 25.0 Å². The summed E-state index contributed by atoms with van der Waals surface area (Å²) in [5.41, 5.74) is 0.770. The molecule has 5 heteroatoms. The lowest BCUT2D eigenvalue weighted by molar-refractivity contribution is 0.0690. The second-order valence-electron chi connectivity index (χ2n) is 3.83. The van der Waals surface area contributed by atoms with Crippen LogP contribution in [0.2, 0.25) is 0 Å². The second kappa shape index (κ2) is 5.46. The standard InChI is InChI=1S/C11H16N2O3/c1-7(6-14)8(2)13-9-3-4-10(11(15)16)12-5-9/h3-5,7-8,13-14H,6H2,1-2H3,(H,15,16). The fourth-order valence-electron chi connectivity index (χ4n) is 1.17. The van der Waals surface area contributed by atoms with E-state index in [0.717, 1.165) is 5.69 Å². The highest BCUT2D eigenvalue weighted by molar-refractivity contribution is 5.85. The Morgan fingerprint density at radius 3 is 2.62 bits per heavy atom. The molecule has 0 radical (unpaired) electrons. The molecule has 0 aliphatic carbocycles. The van der Waals surface area contributed by atoms with E-state index in [1.54, 1.807) is 6.07 Å². The quantitative estimate of drug-likeness (QED) is 0.700. The lowest BCUT2D eigenvalue weighted by atomic mass is 10.1. The molecule has 0 spiro atoms. The van der Waals surface area contributed by atoms with Crippen LogP contribution in [0.1, 0.15) is 24.3 Å². The first-order valence-electron chi connectivity index (χ1n) is 5.11. The SMILES string of the molecule is CC(CO)C(C)Nc1ccc(C(=O)O)nc1. The molecule has 1 aromatic heterocycles. The van der Waals surface area contributed by atoms with Gasteiger partial charge in [0.15, 0.2) is 0 Å². The molecular formula is C11H16N2O3. The molecule has 0 bridgehead atoms. The largest absolute Gasteiger partial charge is 0.477 e. The Morgan fingerprint density at radius 2 is 2.19 bits per heavy atom. The molecule has 1 rings (SSSR count). The minimum Gasteiger partial charge on any atom is -0.477 e. The summed E-state index contributed by atoms with van der Waals surface area (Å²) < 4.78 is 0. The first-order chi connectivity index (χ1) is 7.54. The number of carboxylic acid groups (broad SMARTS) is 1. The van der Waals surface area contributed by atoms with Gasteiger partial charge in [-0.25, -0.2) is 9.78 Å². The van der Waals surface area contributed by atoms with Crippen LogP contribution in [-0.2, 0) is 0 Å². The number of hydrogen-bond donors (Lipinski definition) is 3. The van der Waals surface area contributed by atoms with Crippen molar-refractivity contribution in [1.82, 2.24) is 4.98 Å². The molecule has 0 saturated carbocycles. The molecule has 88 valence electrons. The Morgan fingerprint density at radius 1 is 1.50 bits per heavy atom. The van der Waals surface area contributed by atoms with Crippen LogP contribution in [-0.4, -0.2) is 33.8 Å². The molecule has 5 nitrogen and oxygen atoms in total. The maximum atomic E-state index is 10.6. The van der Waals surface area contributed by atoms with Gasteiger partial charge in [0.1, 0.15) is 5.69 Å². The van der Waals surface area contributed by atoms with Gasteiger partial charge < -0.3 is 15.5 Å². The van der Waals surface area contributed by atoms with Crippen molar-refractivity contribution < 1.29 is 15.0 Å². The lowest BCUT2D eigenvalue weighted by Crippen LogP contribution is -2.26. The number of nitrogens with zero attached hydrogens (tertiary/aromatic N) is 1. The molecule has 0 amide bonds. The average molecular weight is 224 g/mol. The van der Waals surface area contributed by atoms with Gasteiger partial charge in [0.05, 0.1) is 11.9 Å². The molecule has 1 heterocycles.